The number of piperazine rings is 1. The monoisotopic (exact) mass is 298 g/mol. The number of benzene rings is 1. The van der Waals surface area contributed by atoms with Gasteiger partial charge in [0.1, 0.15) is 5.75 Å². The number of ether oxygens (including phenoxy) is 1. The van der Waals surface area contributed by atoms with E-state index >= 15 is 0 Å². The van der Waals surface area contributed by atoms with Gasteiger partial charge in [-0.3, -0.25) is 4.79 Å². The predicted molar refractivity (Wildman–Crippen MR) is 83.1 cm³/mol. The Morgan fingerprint density at radius 1 is 1.23 bits per heavy atom. The van der Waals surface area contributed by atoms with Crippen LogP contribution >= 0.6 is 0 Å². The molecule has 0 spiro atoms. The summed E-state index contributed by atoms with van der Waals surface area (Å²) >= 11 is 0. The van der Waals surface area contributed by atoms with Crippen molar-refractivity contribution < 1.29 is 9.53 Å². The molecule has 1 aliphatic rings. The second-order valence-electron chi connectivity index (χ2n) is 5.45. The zero-order valence-corrected chi connectivity index (χ0v) is 12.6. The van der Waals surface area contributed by atoms with Gasteiger partial charge in [0, 0.05) is 25.0 Å². The standard InChI is InChI=1S/C16H18N4O2/c1-11-3-5-13(6-4-11)22-16-15(17-7-8-18-16)20-9-12(2)19-14(21)10-20/h3-8,12H,9-10H2,1-2H3,(H,19,21). The van der Waals surface area contributed by atoms with E-state index in [2.05, 4.69) is 15.3 Å². The molecule has 1 aliphatic heterocycles. The highest BCUT2D eigenvalue weighted by Crippen LogP contribution is 2.28. The van der Waals surface area contributed by atoms with Gasteiger partial charge in [-0.1, -0.05) is 17.7 Å². The summed E-state index contributed by atoms with van der Waals surface area (Å²) in [6, 6.07) is 7.79. The van der Waals surface area contributed by atoms with Crippen molar-refractivity contribution in [3.05, 3.63) is 42.2 Å². The Hall–Kier alpha value is -2.63. The van der Waals surface area contributed by atoms with Crippen molar-refractivity contribution in [3.63, 3.8) is 0 Å². The third-order valence-electron chi connectivity index (χ3n) is 3.42. The molecule has 1 fully saturated rings. The van der Waals surface area contributed by atoms with Crippen LogP contribution in [-0.2, 0) is 4.79 Å². The average Bonchev–Trinajstić information content (AvgIpc) is 2.49. The molecular formula is C16H18N4O2. The number of rotatable bonds is 3. The number of hydrogen-bond acceptors (Lipinski definition) is 5. The summed E-state index contributed by atoms with van der Waals surface area (Å²) in [5, 5.41) is 2.88. The fourth-order valence-electron chi connectivity index (χ4n) is 2.42. The molecular weight excluding hydrogens is 280 g/mol. The first-order valence-electron chi connectivity index (χ1n) is 7.21. The van der Waals surface area contributed by atoms with Gasteiger partial charge in [-0.2, -0.15) is 0 Å². The van der Waals surface area contributed by atoms with E-state index in [0.29, 0.717) is 24.0 Å². The minimum absolute atomic E-state index is 0.0225. The van der Waals surface area contributed by atoms with Gasteiger partial charge >= 0.3 is 0 Å². The second kappa shape index (κ2) is 6.01. The molecule has 6 heteroatoms. The number of anilines is 1. The van der Waals surface area contributed by atoms with Crippen molar-refractivity contribution in [2.45, 2.75) is 19.9 Å². The van der Waals surface area contributed by atoms with E-state index in [1.54, 1.807) is 12.4 Å². The number of nitrogens with zero attached hydrogens (tertiary/aromatic N) is 3. The van der Waals surface area contributed by atoms with Crippen molar-refractivity contribution in [2.75, 3.05) is 18.0 Å². The van der Waals surface area contributed by atoms with Crippen LogP contribution in [0.1, 0.15) is 12.5 Å². The van der Waals surface area contributed by atoms with E-state index in [4.69, 9.17) is 4.74 Å². The van der Waals surface area contributed by atoms with E-state index in [0.717, 1.165) is 5.56 Å². The van der Waals surface area contributed by atoms with Gasteiger partial charge in [0.2, 0.25) is 5.91 Å². The average molecular weight is 298 g/mol. The van der Waals surface area contributed by atoms with Crippen molar-refractivity contribution in [1.29, 1.82) is 0 Å². The summed E-state index contributed by atoms with van der Waals surface area (Å²) in [5.41, 5.74) is 1.16. The van der Waals surface area contributed by atoms with E-state index in [1.807, 2.05) is 43.0 Å². The van der Waals surface area contributed by atoms with E-state index in [-0.39, 0.29) is 18.5 Å². The number of nitrogens with one attached hydrogen (secondary N) is 1. The zero-order valence-electron chi connectivity index (χ0n) is 12.6. The minimum Gasteiger partial charge on any atom is -0.436 e. The lowest BCUT2D eigenvalue weighted by Gasteiger charge is -2.32. The van der Waals surface area contributed by atoms with Gasteiger partial charge in [-0.15, -0.1) is 0 Å². The molecule has 22 heavy (non-hydrogen) atoms. The van der Waals surface area contributed by atoms with Gasteiger partial charge in [0.25, 0.3) is 5.88 Å². The van der Waals surface area contributed by atoms with Crippen LogP contribution in [-0.4, -0.2) is 35.0 Å². The highest BCUT2D eigenvalue weighted by atomic mass is 16.5. The quantitative estimate of drug-likeness (QED) is 0.937. The second-order valence-corrected chi connectivity index (χ2v) is 5.45. The Balaban J connectivity index is 1.86. The molecule has 0 saturated carbocycles. The number of aromatic nitrogens is 2. The van der Waals surface area contributed by atoms with Gasteiger partial charge in [0.15, 0.2) is 5.82 Å². The summed E-state index contributed by atoms with van der Waals surface area (Å²) in [5.74, 6) is 1.67. The smallest absolute Gasteiger partial charge is 0.263 e. The Bertz CT molecular complexity index is 672. The fraction of sp³-hybridized carbons (Fsp3) is 0.312. The molecule has 1 aromatic carbocycles. The minimum atomic E-state index is -0.0225. The highest BCUT2D eigenvalue weighted by molar-refractivity contribution is 5.83. The van der Waals surface area contributed by atoms with E-state index in [9.17, 15) is 4.79 Å². The van der Waals surface area contributed by atoms with Crippen LogP contribution in [0.3, 0.4) is 0 Å². The molecule has 1 N–H and O–H groups in total. The van der Waals surface area contributed by atoms with E-state index in [1.165, 1.54) is 0 Å². The molecule has 2 heterocycles. The maximum Gasteiger partial charge on any atom is 0.263 e. The van der Waals surface area contributed by atoms with Gasteiger partial charge < -0.3 is 15.0 Å². The fourth-order valence-corrected chi connectivity index (χ4v) is 2.42. The number of hydrogen-bond donors (Lipinski definition) is 1. The first-order valence-corrected chi connectivity index (χ1v) is 7.21. The zero-order chi connectivity index (χ0) is 15.5. The van der Waals surface area contributed by atoms with Crippen LogP contribution in [0.2, 0.25) is 0 Å². The molecule has 0 bridgehead atoms. The molecule has 1 saturated heterocycles. The molecule has 1 atom stereocenters. The summed E-state index contributed by atoms with van der Waals surface area (Å²) in [6.07, 6.45) is 3.19. The summed E-state index contributed by atoms with van der Waals surface area (Å²) in [7, 11) is 0. The van der Waals surface area contributed by atoms with Crippen LogP contribution in [0.5, 0.6) is 11.6 Å². The number of carbonyl (C=O) groups is 1. The topological polar surface area (TPSA) is 67.4 Å². The third-order valence-corrected chi connectivity index (χ3v) is 3.42. The van der Waals surface area contributed by atoms with Crippen molar-refractivity contribution in [1.82, 2.24) is 15.3 Å². The van der Waals surface area contributed by atoms with Gasteiger partial charge in [0.05, 0.1) is 6.54 Å². The molecule has 0 radical (unpaired) electrons. The molecule has 2 aromatic rings. The first-order chi connectivity index (χ1) is 10.6. The Morgan fingerprint density at radius 2 is 1.95 bits per heavy atom. The Kier molecular flexibility index (Phi) is 3.91. The molecule has 1 aromatic heterocycles. The molecule has 1 amide bonds. The largest absolute Gasteiger partial charge is 0.436 e. The van der Waals surface area contributed by atoms with Crippen LogP contribution in [0.4, 0.5) is 5.82 Å². The lowest BCUT2D eigenvalue weighted by Crippen LogP contribution is -2.53. The summed E-state index contributed by atoms with van der Waals surface area (Å²) in [4.78, 5) is 22.2. The van der Waals surface area contributed by atoms with Crippen LogP contribution in [0, 0.1) is 6.92 Å². The van der Waals surface area contributed by atoms with Crippen molar-refractivity contribution in [3.8, 4) is 11.6 Å². The van der Waals surface area contributed by atoms with Crippen LogP contribution < -0.4 is 15.0 Å². The normalized spacial score (nSPS) is 18.0. The maximum atomic E-state index is 11.7. The lowest BCUT2D eigenvalue weighted by molar-refractivity contribution is -0.121. The number of amides is 1. The van der Waals surface area contributed by atoms with Crippen molar-refractivity contribution in [2.24, 2.45) is 0 Å². The molecule has 3 rings (SSSR count). The molecule has 1 unspecified atom stereocenters. The molecule has 0 aliphatic carbocycles. The predicted octanol–water partition coefficient (Wildman–Crippen LogP) is 1.90. The van der Waals surface area contributed by atoms with Gasteiger partial charge in [-0.25, -0.2) is 9.97 Å². The molecule has 6 nitrogen and oxygen atoms in total. The number of carbonyl (C=O) groups excluding carboxylic acids is 1. The van der Waals surface area contributed by atoms with E-state index < -0.39 is 0 Å². The van der Waals surface area contributed by atoms with Gasteiger partial charge in [-0.05, 0) is 26.0 Å². The Labute approximate surface area is 129 Å². The van der Waals surface area contributed by atoms with Crippen LogP contribution in [0.25, 0.3) is 0 Å². The number of aryl methyl sites for hydroxylation is 1. The maximum absolute atomic E-state index is 11.7. The lowest BCUT2D eigenvalue weighted by atomic mass is 10.2. The molecule has 114 valence electrons. The summed E-state index contributed by atoms with van der Waals surface area (Å²) < 4.78 is 5.84. The van der Waals surface area contributed by atoms with Crippen LogP contribution in [0.15, 0.2) is 36.7 Å². The van der Waals surface area contributed by atoms with Crippen molar-refractivity contribution >= 4 is 11.7 Å². The Morgan fingerprint density at radius 3 is 2.68 bits per heavy atom. The SMILES string of the molecule is Cc1ccc(Oc2nccnc2N2CC(=O)NC(C)C2)cc1. The highest BCUT2D eigenvalue weighted by Gasteiger charge is 2.25. The third kappa shape index (κ3) is 3.16. The summed E-state index contributed by atoms with van der Waals surface area (Å²) in [6.45, 7) is 4.91. The first kappa shape index (κ1) is 14.3.